The minimum atomic E-state index is 0.182. The van der Waals surface area contributed by atoms with Crippen molar-refractivity contribution in [2.24, 2.45) is 0 Å². The number of aromatic nitrogens is 1. The summed E-state index contributed by atoms with van der Waals surface area (Å²) in [5.74, 6) is 0. The van der Waals surface area contributed by atoms with Crippen molar-refractivity contribution in [2.75, 3.05) is 26.2 Å². The molecule has 1 saturated heterocycles. The molecule has 4 rings (SSSR count). The molecule has 1 fully saturated rings. The largest absolute Gasteiger partial charge is 0.361 e. The molecule has 118 valence electrons. The van der Waals surface area contributed by atoms with E-state index in [0.29, 0.717) is 0 Å². The number of nitrogens with one attached hydrogen (secondary N) is 2. The molecule has 1 aromatic heterocycles. The fourth-order valence-electron chi connectivity index (χ4n) is 3.52. The zero-order valence-corrected chi connectivity index (χ0v) is 13.7. The van der Waals surface area contributed by atoms with E-state index in [2.05, 4.69) is 57.8 Å². The summed E-state index contributed by atoms with van der Waals surface area (Å²) in [6.45, 7) is 4.08. The van der Waals surface area contributed by atoms with E-state index in [0.717, 1.165) is 31.2 Å². The van der Waals surface area contributed by atoms with Gasteiger partial charge in [0, 0.05) is 48.3 Å². The lowest BCUT2D eigenvalue weighted by atomic mass is 9.96. The Hall–Kier alpha value is -1.81. The first-order valence-electron chi connectivity index (χ1n) is 8.10. The van der Waals surface area contributed by atoms with Crippen LogP contribution in [0.5, 0.6) is 0 Å². The first kappa shape index (κ1) is 14.8. The number of halogens is 1. The van der Waals surface area contributed by atoms with Crippen molar-refractivity contribution in [3.05, 3.63) is 70.9 Å². The van der Waals surface area contributed by atoms with Crippen molar-refractivity contribution >= 4 is 22.5 Å². The minimum absolute atomic E-state index is 0.182. The number of fused-ring (bicyclic) bond motifs is 1. The molecule has 2 aromatic carbocycles. The molecule has 2 heterocycles. The monoisotopic (exact) mass is 325 g/mol. The van der Waals surface area contributed by atoms with Gasteiger partial charge < -0.3 is 10.3 Å². The van der Waals surface area contributed by atoms with Crippen molar-refractivity contribution < 1.29 is 0 Å². The van der Waals surface area contributed by atoms with E-state index in [-0.39, 0.29) is 6.04 Å². The van der Waals surface area contributed by atoms with Crippen molar-refractivity contribution in [1.29, 1.82) is 0 Å². The maximum atomic E-state index is 6.55. The van der Waals surface area contributed by atoms with Crippen LogP contribution < -0.4 is 5.32 Å². The Bertz CT molecular complexity index is 805. The molecular formula is C19H20ClN3. The zero-order chi connectivity index (χ0) is 15.6. The summed E-state index contributed by atoms with van der Waals surface area (Å²) in [6, 6.07) is 16.9. The first-order valence-corrected chi connectivity index (χ1v) is 8.47. The topological polar surface area (TPSA) is 31.1 Å². The van der Waals surface area contributed by atoms with Crippen LogP contribution in [0.2, 0.25) is 5.02 Å². The highest BCUT2D eigenvalue weighted by Crippen LogP contribution is 2.36. The lowest BCUT2D eigenvalue weighted by Gasteiger charge is -2.35. The average Bonchev–Trinajstić information content (AvgIpc) is 3.02. The Morgan fingerprint density at radius 1 is 0.913 bits per heavy atom. The quantitative estimate of drug-likeness (QED) is 0.767. The van der Waals surface area contributed by atoms with E-state index in [4.69, 9.17) is 11.6 Å². The molecule has 1 aliphatic heterocycles. The number of nitrogens with zero attached hydrogens (tertiary/aromatic N) is 1. The summed E-state index contributed by atoms with van der Waals surface area (Å²) in [5, 5.41) is 5.54. The van der Waals surface area contributed by atoms with Gasteiger partial charge in [-0.1, -0.05) is 48.0 Å². The van der Waals surface area contributed by atoms with E-state index in [9.17, 15) is 0 Å². The molecule has 0 saturated carbocycles. The highest BCUT2D eigenvalue weighted by atomic mass is 35.5. The number of rotatable bonds is 3. The second-order valence-electron chi connectivity index (χ2n) is 6.00. The summed E-state index contributed by atoms with van der Waals surface area (Å²) >= 11 is 6.55. The Morgan fingerprint density at radius 2 is 1.65 bits per heavy atom. The smallest absolute Gasteiger partial charge is 0.0638 e. The molecular weight excluding hydrogens is 306 g/mol. The van der Waals surface area contributed by atoms with Crippen molar-refractivity contribution in [1.82, 2.24) is 15.2 Å². The fraction of sp³-hybridized carbons (Fsp3) is 0.263. The lowest BCUT2D eigenvalue weighted by molar-refractivity contribution is 0.199. The van der Waals surface area contributed by atoms with Gasteiger partial charge in [0.05, 0.1) is 6.04 Å². The number of benzene rings is 2. The predicted molar refractivity (Wildman–Crippen MR) is 96.0 cm³/mol. The standard InChI is InChI=1S/C19H20ClN3/c20-17-7-3-1-6-15(17)19(23-11-9-21-10-12-23)16-13-22-18-8-4-2-5-14(16)18/h1-8,13,19,21-22H,9-12H2. The van der Waals surface area contributed by atoms with Crippen LogP contribution in [0.25, 0.3) is 10.9 Å². The Balaban J connectivity index is 1.86. The molecule has 1 aliphatic rings. The van der Waals surface area contributed by atoms with Gasteiger partial charge in [-0.05, 0) is 23.3 Å². The third kappa shape index (κ3) is 2.76. The van der Waals surface area contributed by atoms with E-state index in [1.807, 2.05) is 12.1 Å². The second-order valence-corrected chi connectivity index (χ2v) is 6.41. The number of hydrogen-bond acceptors (Lipinski definition) is 2. The van der Waals surface area contributed by atoms with Crippen LogP contribution in [0.4, 0.5) is 0 Å². The van der Waals surface area contributed by atoms with Gasteiger partial charge in [-0.3, -0.25) is 4.90 Å². The molecule has 0 bridgehead atoms. The van der Waals surface area contributed by atoms with Crippen LogP contribution in [-0.2, 0) is 0 Å². The molecule has 2 N–H and O–H groups in total. The molecule has 4 heteroatoms. The normalized spacial score (nSPS) is 17.4. The van der Waals surface area contributed by atoms with Gasteiger partial charge in [0.25, 0.3) is 0 Å². The first-order chi connectivity index (χ1) is 11.3. The van der Waals surface area contributed by atoms with E-state index in [1.165, 1.54) is 22.0 Å². The van der Waals surface area contributed by atoms with Crippen LogP contribution in [0, 0.1) is 0 Å². The van der Waals surface area contributed by atoms with Crippen LogP contribution >= 0.6 is 11.6 Å². The Kier molecular flexibility index (Phi) is 4.08. The van der Waals surface area contributed by atoms with Crippen LogP contribution in [0.15, 0.2) is 54.7 Å². The molecule has 0 spiro atoms. The van der Waals surface area contributed by atoms with E-state index in [1.54, 1.807) is 0 Å². The SMILES string of the molecule is Clc1ccccc1C(c1c[nH]c2ccccc12)N1CCNCC1. The van der Waals surface area contributed by atoms with Gasteiger partial charge in [0.1, 0.15) is 0 Å². The highest BCUT2D eigenvalue weighted by molar-refractivity contribution is 6.31. The maximum Gasteiger partial charge on any atom is 0.0638 e. The Labute approximate surface area is 141 Å². The third-order valence-electron chi connectivity index (χ3n) is 4.63. The van der Waals surface area contributed by atoms with Crippen LogP contribution in [0.1, 0.15) is 17.2 Å². The van der Waals surface area contributed by atoms with Crippen molar-refractivity contribution in [3.8, 4) is 0 Å². The average molecular weight is 326 g/mol. The summed E-state index contributed by atoms with van der Waals surface area (Å²) in [7, 11) is 0. The van der Waals surface area contributed by atoms with Gasteiger partial charge >= 0.3 is 0 Å². The number of H-pyrrole nitrogens is 1. The molecule has 0 amide bonds. The molecule has 23 heavy (non-hydrogen) atoms. The zero-order valence-electron chi connectivity index (χ0n) is 12.9. The number of para-hydroxylation sites is 1. The Morgan fingerprint density at radius 3 is 2.48 bits per heavy atom. The molecule has 3 nitrogen and oxygen atoms in total. The van der Waals surface area contributed by atoms with Crippen molar-refractivity contribution in [2.45, 2.75) is 6.04 Å². The van der Waals surface area contributed by atoms with Crippen LogP contribution in [0.3, 0.4) is 0 Å². The molecule has 3 aromatic rings. The van der Waals surface area contributed by atoms with Gasteiger partial charge in [-0.2, -0.15) is 0 Å². The second kappa shape index (κ2) is 6.36. The van der Waals surface area contributed by atoms with Gasteiger partial charge in [-0.15, -0.1) is 0 Å². The lowest BCUT2D eigenvalue weighted by Crippen LogP contribution is -2.45. The number of aromatic amines is 1. The fourth-order valence-corrected chi connectivity index (χ4v) is 3.76. The van der Waals surface area contributed by atoms with E-state index >= 15 is 0 Å². The molecule has 1 atom stereocenters. The van der Waals surface area contributed by atoms with Gasteiger partial charge in [-0.25, -0.2) is 0 Å². The number of piperazine rings is 1. The molecule has 1 unspecified atom stereocenters. The maximum absolute atomic E-state index is 6.55. The predicted octanol–water partition coefficient (Wildman–Crippen LogP) is 3.82. The van der Waals surface area contributed by atoms with Crippen molar-refractivity contribution in [3.63, 3.8) is 0 Å². The van der Waals surface area contributed by atoms with Gasteiger partial charge in [0.2, 0.25) is 0 Å². The van der Waals surface area contributed by atoms with E-state index < -0.39 is 0 Å². The summed E-state index contributed by atoms with van der Waals surface area (Å²) in [5.41, 5.74) is 3.66. The molecule has 0 radical (unpaired) electrons. The summed E-state index contributed by atoms with van der Waals surface area (Å²) < 4.78 is 0. The summed E-state index contributed by atoms with van der Waals surface area (Å²) in [4.78, 5) is 5.93. The molecule has 0 aliphatic carbocycles. The minimum Gasteiger partial charge on any atom is -0.361 e. The van der Waals surface area contributed by atoms with Gasteiger partial charge in [0.15, 0.2) is 0 Å². The third-order valence-corrected chi connectivity index (χ3v) is 4.98. The number of hydrogen-bond donors (Lipinski definition) is 2. The summed E-state index contributed by atoms with van der Waals surface area (Å²) in [6.07, 6.45) is 2.14. The van der Waals surface area contributed by atoms with Crippen LogP contribution in [-0.4, -0.2) is 36.1 Å². The highest BCUT2D eigenvalue weighted by Gasteiger charge is 2.27.